The molecular formula is C20H25NO3S. The van der Waals surface area contributed by atoms with Crippen molar-refractivity contribution < 1.29 is 13.2 Å². The molecule has 3 rings (SSSR count). The number of hydrogen-bond acceptors (Lipinski definition) is 3. The van der Waals surface area contributed by atoms with Gasteiger partial charge in [-0.3, -0.25) is 0 Å². The zero-order valence-electron chi connectivity index (χ0n) is 14.5. The molecule has 1 saturated heterocycles. The highest BCUT2D eigenvalue weighted by Crippen LogP contribution is 2.40. The average Bonchev–Trinajstić information content (AvgIpc) is 2.99. The van der Waals surface area contributed by atoms with Gasteiger partial charge in [0.15, 0.2) is 0 Å². The molecular weight excluding hydrogens is 334 g/mol. The van der Waals surface area contributed by atoms with Gasteiger partial charge in [0.2, 0.25) is 10.0 Å². The Labute approximate surface area is 150 Å². The molecule has 134 valence electrons. The summed E-state index contributed by atoms with van der Waals surface area (Å²) in [5, 5.41) is 0. The van der Waals surface area contributed by atoms with E-state index < -0.39 is 10.0 Å². The number of rotatable bonds is 7. The Morgan fingerprint density at radius 2 is 1.60 bits per heavy atom. The van der Waals surface area contributed by atoms with E-state index in [0.717, 1.165) is 17.5 Å². The highest BCUT2D eigenvalue weighted by molar-refractivity contribution is 7.89. The smallest absolute Gasteiger partial charge is 0.214 e. The van der Waals surface area contributed by atoms with Gasteiger partial charge in [0.25, 0.3) is 0 Å². The van der Waals surface area contributed by atoms with Crippen molar-refractivity contribution in [2.45, 2.75) is 31.9 Å². The van der Waals surface area contributed by atoms with Gasteiger partial charge in [0.05, 0.1) is 11.8 Å². The SMILES string of the molecule is CCCOC(c1ccccc1)C(c1ccccc1)N1CCCS1(=O)=O. The largest absolute Gasteiger partial charge is 0.371 e. The van der Waals surface area contributed by atoms with Crippen LogP contribution in [0, 0.1) is 0 Å². The Kier molecular flexibility index (Phi) is 5.89. The Morgan fingerprint density at radius 1 is 1.00 bits per heavy atom. The van der Waals surface area contributed by atoms with E-state index in [9.17, 15) is 8.42 Å². The number of benzene rings is 2. The topological polar surface area (TPSA) is 46.6 Å². The Balaban J connectivity index is 2.07. The van der Waals surface area contributed by atoms with E-state index in [1.54, 1.807) is 4.31 Å². The van der Waals surface area contributed by atoms with Crippen LogP contribution in [0.4, 0.5) is 0 Å². The lowest BCUT2D eigenvalue weighted by Gasteiger charge is -2.34. The van der Waals surface area contributed by atoms with Crippen LogP contribution in [0.1, 0.15) is 43.0 Å². The molecule has 0 aliphatic carbocycles. The van der Waals surface area contributed by atoms with E-state index in [2.05, 4.69) is 6.92 Å². The molecule has 2 aromatic carbocycles. The summed E-state index contributed by atoms with van der Waals surface area (Å²) in [7, 11) is -3.26. The quantitative estimate of drug-likeness (QED) is 0.752. The molecule has 0 amide bonds. The van der Waals surface area contributed by atoms with Crippen LogP contribution in [0.15, 0.2) is 60.7 Å². The highest BCUT2D eigenvalue weighted by Gasteiger charge is 2.40. The summed E-state index contributed by atoms with van der Waals surface area (Å²) < 4.78 is 33.1. The number of sulfonamides is 1. The minimum absolute atomic E-state index is 0.214. The molecule has 4 nitrogen and oxygen atoms in total. The van der Waals surface area contributed by atoms with E-state index in [0.29, 0.717) is 19.6 Å². The van der Waals surface area contributed by atoms with Crippen molar-refractivity contribution in [3.8, 4) is 0 Å². The number of nitrogens with zero attached hydrogens (tertiary/aromatic N) is 1. The van der Waals surface area contributed by atoms with Gasteiger partial charge in [0, 0.05) is 13.2 Å². The van der Waals surface area contributed by atoms with Gasteiger partial charge in [-0.1, -0.05) is 67.6 Å². The van der Waals surface area contributed by atoms with Gasteiger partial charge in [-0.25, -0.2) is 8.42 Å². The van der Waals surface area contributed by atoms with Crippen LogP contribution in [-0.2, 0) is 14.8 Å². The summed E-state index contributed by atoms with van der Waals surface area (Å²) in [6, 6.07) is 19.4. The Hall–Kier alpha value is -1.69. The first-order valence-corrected chi connectivity index (χ1v) is 10.5. The van der Waals surface area contributed by atoms with Gasteiger partial charge >= 0.3 is 0 Å². The van der Waals surface area contributed by atoms with Crippen LogP contribution in [0.2, 0.25) is 0 Å². The molecule has 2 atom stereocenters. The predicted molar refractivity (Wildman–Crippen MR) is 99.7 cm³/mol. The molecule has 1 aliphatic rings. The van der Waals surface area contributed by atoms with E-state index in [4.69, 9.17) is 4.74 Å². The lowest BCUT2D eigenvalue weighted by Crippen LogP contribution is -2.35. The van der Waals surface area contributed by atoms with Gasteiger partial charge in [-0.15, -0.1) is 0 Å². The van der Waals surface area contributed by atoms with Crippen LogP contribution in [0.25, 0.3) is 0 Å². The molecule has 1 heterocycles. The highest BCUT2D eigenvalue weighted by atomic mass is 32.2. The molecule has 5 heteroatoms. The van der Waals surface area contributed by atoms with E-state index >= 15 is 0 Å². The van der Waals surface area contributed by atoms with Crippen molar-refractivity contribution >= 4 is 10.0 Å². The minimum Gasteiger partial charge on any atom is -0.371 e. The van der Waals surface area contributed by atoms with Crippen molar-refractivity contribution in [3.05, 3.63) is 71.8 Å². The molecule has 25 heavy (non-hydrogen) atoms. The van der Waals surface area contributed by atoms with Gasteiger partial charge < -0.3 is 4.74 Å². The molecule has 0 radical (unpaired) electrons. The van der Waals surface area contributed by atoms with E-state index in [1.165, 1.54) is 0 Å². The first-order chi connectivity index (χ1) is 12.1. The van der Waals surface area contributed by atoms with E-state index in [-0.39, 0.29) is 17.9 Å². The van der Waals surface area contributed by atoms with Gasteiger partial charge in [-0.05, 0) is 24.0 Å². The summed E-state index contributed by atoms with van der Waals surface area (Å²) in [6.07, 6.45) is 1.23. The van der Waals surface area contributed by atoms with Crippen molar-refractivity contribution in [1.82, 2.24) is 4.31 Å². The van der Waals surface area contributed by atoms with Crippen LogP contribution in [0.3, 0.4) is 0 Å². The van der Waals surface area contributed by atoms with Crippen molar-refractivity contribution in [2.24, 2.45) is 0 Å². The maximum Gasteiger partial charge on any atom is 0.214 e. The third-order valence-electron chi connectivity index (χ3n) is 4.51. The van der Waals surface area contributed by atoms with Crippen molar-refractivity contribution in [3.63, 3.8) is 0 Å². The fraction of sp³-hybridized carbons (Fsp3) is 0.400. The second-order valence-corrected chi connectivity index (χ2v) is 8.38. The summed E-state index contributed by atoms with van der Waals surface area (Å²) in [6.45, 7) is 3.20. The summed E-state index contributed by atoms with van der Waals surface area (Å²) in [4.78, 5) is 0. The molecule has 2 unspecified atom stereocenters. The summed E-state index contributed by atoms with van der Waals surface area (Å²) in [5.74, 6) is 0.214. The maximum absolute atomic E-state index is 12.7. The predicted octanol–water partition coefficient (Wildman–Crippen LogP) is 3.93. The second kappa shape index (κ2) is 8.13. The van der Waals surface area contributed by atoms with E-state index in [1.807, 2.05) is 60.7 Å². The molecule has 1 aliphatic heterocycles. The lowest BCUT2D eigenvalue weighted by molar-refractivity contribution is 0.00549. The van der Waals surface area contributed by atoms with Gasteiger partial charge in [-0.2, -0.15) is 4.31 Å². The second-order valence-electron chi connectivity index (χ2n) is 6.34. The average molecular weight is 359 g/mol. The third kappa shape index (κ3) is 4.11. The maximum atomic E-state index is 12.7. The fourth-order valence-corrected chi connectivity index (χ4v) is 5.08. The minimum atomic E-state index is -3.26. The monoisotopic (exact) mass is 359 g/mol. The zero-order chi connectivity index (χ0) is 17.7. The Morgan fingerprint density at radius 3 is 2.12 bits per heavy atom. The first kappa shape index (κ1) is 18.1. The van der Waals surface area contributed by atoms with Crippen LogP contribution in [-0.4, -0.2) is 31.6 Å². The molecule has 0 N–H and O–H groups in total. The number of ether oxygens (including phenoxy) is 1. The van der Waals surface area contributed by atoms with Crippen LogP contribution < -0.4 is 0 Å². The van der Waals surface area contributed by atoms with Crippen LogP contribution >= 0.6 is 0 Å². The molecule has 0 saturated carbocycles. The third-order valence-corrected chi connectivity index (χ3v) is 6.43. The lowest BCUT2D eigenvalue weighted by atomic mass is 9.95. The van der Waals surface area contributed by atoms with Gasteiger partial charge in [0.1, 0.15) is 6.10 Å². The Bertz CT molecular complexity index is 762. The summed E-state index contributed by atoms with van der Waals surface area (Å²) >= 11 is 0. The molecule has 2 aromatic rings. The molecule has 0 spiro atoms. The number of hydrogen-bond donors (Lipinski definition) is 0. The van der Waals surface area contributed by atoms with Crippen molar-refractivity contribution in [2.75, 3.05) is 18.9 Å². The normalized spacial score (nSPS) is 19.6. The zero-order valence-corrected chi connectivity index (χ0v) is 15.4. The summed E-state index contributed by atoms with van der Waals surface area (Å²) in [5.41, 5.74) is 1.98. The molecule has 0 bridgehead atoms. The fourth-order valence-electron chi connectivity index (χ4n) is 3.37. The first-order valence-electron chi connectivity index (χ1n) is 8.84. The van der Waals surface area contributed by atoms with Crippen molar-refractivity contribution in [1.29, 1.82) is 0 Å². The molecule has 1 fully saturated rings. The molecule has 0 aromatic heterocycles. The standard InChI is InChI=1S/C20H25NO3S/c1-2-15-24-20(18-12-7-4-8-13-18)19(17-10-5-3-6-11-17)21-14-9-16-25(21,22)23/h3-8,10-13,19-20H,2,9,14-16H2,1H3. The van der Waals surface area contributed by atoms with Crippen LogP contribution in [0.5, 0.6) is 0 Å².